The Morgan fingerprint density at radius 2 is 2.22 bits per heavy atom. The molecule has 0 radical (unpaired) electrons. The normalized spacial score (nSPS) is 12.3. The minimum absolute atomic E-state index is 0.104. The number of carbonyl (C=O) groups excluding carboxylic acids is 1. The van der Waals surface area contributed by atoms with Crippen LogP contribution in [0.25, 0.3) is 5.82 Å². The van der Waals surface area contributed by atoms with Crippen LogP contribution in [-0.4, -0.2) is 45.2 Å². The molecule has 0 aliphatic carbocycles. The fourth-order valence-corrected chi connectivity index (χ4v) is 1.78. The van der Waals surface area contributed by atoms with Gasteiger partial charge in [-0.1, -0.05) is 0 Å². The van der Waals surface area contributed by atoms with Crippen LogP contribution in [0.4, 0.5) is 5.82 Å². The maximum Gasteiger partial charge on any atom is 0.425 e. The maximum atomic E-state index is 11.7. The van der Waals surface area contributed by atoms with Crippen molar-refractivity contribution in [2.75, 3.05) is 18.5 Å². The fraction of sp³-hybridized carbons (Fsp3) is 0.250. The Labute approximate surface area is 128 Å². The maximum absolute atomic E-state index is 11.7. The zero-order valence-corrected chi connectivity index (χ0v) is 11.8. The van der Waals surface area contributed by atoms with Gasteiger partial charge in [-0.2, -0.15) is 0 Å². The molecule has 2 aromatic rings. The molecule has 0 saturated carbocycles. The number of hydrogen-bond acceptors (Lipinski definition) is 8. The van der Waals surface area contributed by atoms with Crippen LogP contribution >= 0.6 is 0 Å². The van der Waals surface area contributed by atoms with E-state index in [9.17, 15) is 9.59 Å². The van der Waals surface area contributed by atoms with E-state index >= 15 is 0 Å². The molecule has 11 heteroatoms. The van der Waals surface area contributed by atoms with E-state index in [0.29, 0.717) is 18.7 Å². The summed E-state index contributed by atoms with van der Waals surface area (Å²) in [4.78, 5) is 39.4. The Hall–Kier alpha value is -3.21. The molecule has 1 amide bonds. The molecule has 0 bridgehead atoms. The number of carbonyl (C=O) groups is 2. The van der Waals surface area contributed by atoms with E-state index in [1.165, 1.54) is 17.0 Å². The molecule has 0 unspecified atom stereocenters. The topological polar surface area (TPSA) is 163 Å². The zero-order valence-electron chi connectivity index (χ0n) is 11.8. The van der Waals surface area contributed by atoms with Gasteiger partial charge in [-0.05, 0) is 6.54 Å². The Morgan fingerprint density at radius 1 is 1.48 bits per heavy atom. The number of amides is 1. The first-order chi connectivity index (χ1) is 11.1. The number of nitrogens with two attached hydrogens (primary N) is 1. The van der Waals surface area contributed by atoms with Crippen LogP contribution in [0.3, 0.4) is 0 Å². The molecule has 0 atom stereocenters. The molecule has 0 saturated heterocycles. The highest BCUT2D eigenvalue weighted by Crippen LogP contribution is 2.22. The smallest absolute Gasteiger partial charge is 0.425 e. The summed E-state index contributed by atoms with van der Waals surface area (Å²) in [7, 11) is 0. The Bertz CT molecular complexity index is 768. The summed E-state index contributed by atoms with van der Waals surface area (Å²) in [5.74, 6) is 0.154. The van der Waals surface area contributed by atoms with Crippen molar-refractivity contribution < 1.29 is 23.8 Å². The SMILES string of the molecule is NCCc1cn(-c2cnc3c(n2)NC(=O)CO3)c(=O)o1.O=CO. The number of nitrogens with zero attached hydrogens (tertiary/aromatic N) is 3. The van der Waals surface area contributed by atoms with E-state index in [2.05, 4.69) is 15.3 Å². The Balaban J connectivity index is 0.000000595. The van der Waals surface area contributed by atoms with Gasteiger partial charge in [0.1, 0.15) is 5.76 Å². The predicted octanol–water partition coefficient (Wildman–Crippen LogP) is -1.25. The van der Waals surface area contributed by atoms with Crippen LogP contribution in [0.5, 0.6) is 5.88 Å². The van der Waals surface area contributed by atoms with E-state index in [4.69, 9.17) is 24.8 Å². The molecule has 0 fully saturated rings. The molecule has 0 aromatic carbocycles. The third-order valence-electron chi connectivity index (χ3n) is 2.65. The highest BCUT2D eigenvalue weighted by Gasteiger charge is 2.20. The summed E-state index contributed by atoms with van der Waals surface area (Å²) in [5, 5.41) is 9.41. The second-order valence-electron chi connectivity index (χ2n) is 4.20. The highest BCUT2D eigenvalue weighted by molar-refractivity contribution is 5.93. The van der Waals surface area contributed by atoms with Crippen molar-refractivity contribution in [3.05, 3.63) is 28.7 Å². The van der Waals surface area contributed by atoms with Gasteiger partial charge >= 0.3 is 5.76 Å². The van der Waals surface area contributed by atoms with Crippen LogP contribution in [-0.2, 0) is 16.0 Å². The zero-order chi connectivity index (χ0) is 16.8. The standard InChI is InChI=1S/C11H11N5O4.CH2O2/c12-2-1-6-4-16(11(18)20-6)7-3-13-10-9(14-7)15-8(17)5-19-10;2-1-3/h3-4H,1-2,5,12H2,(H,14,15,17);1H,(H,2,3). The fourth-order valence-electron chi connectivity index (χ4n) is 1.78. The van der Waals surface area contributed by atoms with Crippen LogP contribution < -0.4 is 21.5 Å². The van der Waals surface area contributed by atoms with Gasteiger partial charge in [-0.25, -0.2) is 19.3 Å². The Kier molecular flexibility index (Phi) is 5.04. The minimum atomic E-state index is -0.592. The lowest BCUT2D eigenvalue weighted by Gasteiger charge is -2.15. The van der Waals surface area contributed by atoms with E-state index in [1.54, 1.807) is 0 Å². The van der Waals surface area contributed by atoms with Crippen molar-refractivity contribution in [2.24, 2.45) is 5.73 Å². The first-order valence-electron chi connectivity index (χ1n) is 6.38. The first-order valence-corrected chi connectivity index (χ1v) is 6.38. The number of rotatable bonds is 3. The second-order valence-corrected chi connectivity index (χ2v) is 4.20. The van der Waals surface area contributed by atoms with Crippen LogP contribution in [0.2, 0.25) is 0 Å². The lowest BCUT2D eigenvalue weighted by atomic mass is 10.4. The molecule has 3 rings (SSSR count). The van der Waals surface area contributed by atoms with E-state index in [1.807, 2.05) is 0 Å². The van der Waals surface area contributed by atoms with Gasteiger partial charge in [-0.3, -0.25) is 9.59 Å². The first kappa shape index (κ1) is 16.2. The molecular formula is C12H13N5O6. The number of fused-ring (bicyclic) bond motifs is 1. The van der Waals surface area contributed by atoms with Crippen molar-refractivity contribution in [3.8, 4) is 11.7 Å². The predicted molar refractivity (Wildman–Crippen MR) is 75.5 cm³/mol. The quantitative estimate of drug-likeness (QED) is 0.586. The molecule has 2 aromatic heterocycles. The minimum Gasteiger partial charge on any atom is -0.483 e. The molecule has 11 nitrogen and oxygen atoms in total. The summed E-state index contributed by atoms with van der Waals surface area (Å²) in [6.07, 6.45) is 3.30. The number of aromatic nitrogens is 3. The van der Waals surface area contributed by atoms with Crippen LogP contribution in [0.15, 0.2) is 21.6 Å². The van der Waals surface area contributed by atoms with Crippen molar-refractivity contribution in [3.63, 3.8) is 0 Å². The van der Waals surface area contributed by atoms with E-state index in [-0.39, 0.29) is 36.5 Å². The Morgan fingerprint density at radius 3 is 2.91 bits per heavy atom. The van der Waals surface area contributed by atoms with Gasteiger partial charge in [0.15, 0.2) is 18.2 Å². The van der Waals surface area contributed by atoms with Crippen LogP contribution in [0.1, 0.15) is 5.76 Å². The van der Waals surface area contributed by atoms with Gasteiger partial charge in [0.2, 0.25) is 0 Å². The second kappa shape index (κ2) is 7.17. The molecule has 3 heterocycles. The molecule has 1 aliphatic rings. The van der Waals surface area contributed by atoms with E-state index < -0.39 is 5.76 Å². The lowest BCUT2D eigenvalue weighted by molar-refractivity contribution is -0.123. The average Bonchev–Trinajstić information content (AvgIpc) is 2.88. The molecule has 1 aliphatic heterocycles. The molecular weight excluding hydrogens is 310 g/mol. The van der Waals surface area contributed by atoms with Gasteiger partial charge in [0, 0.05) is 6.42 Å². The van der Waals surface area contributed by atoms with Gasteiger partial charge in [0.25, 0.3) is 18.3 Å². The van der Waals surface area contributed by atoms with Crippen molar-refractivity contribution in [2.45, 2.75) is 6.42 Å². The largest absolute Gasteiger partial charge is 0.483 e. The van der Waals surface area contributed by atoms with Gasteiger partial charge in [0.05, 0.1) is 12.4 Å². The molecule has 0 spiro atoms. The number of hydrogen-bond donors (Lipinski definition) is 3. The lowest BCUT2D eigenvalue weighted by Crippen LogP contribution is -2.27. The van der Waals surface area contributed by atoms with Gasteiger partial charge in [-0.15, -0.1) is 0 Å². The van der Waals surface area contributed by atoms with Crippen molar-refractivity contribution in [1.82, 2.24) is 14.5 Å². The van der Waals surface area contributed by atoms with Crippen molar-refractivity contribution >= 4 is 18.2 Å². The van der Waals surface area contributed by atoms with Crippen LogP contribution in [0, 0.1) is 0 Å². The molecule has 23 heavy (non-hydrogen) atoms. The summed E-state index contributed by atoms with van der Waals surface area (Å²) >= 11 is 0. The summed E-state index contributed by atoms with van der Waals surface area (Å²) in [5.41, 5.74) is 5.40. The summed E-state index contributed by atoms with van der Waals surface area (Å²) < 4.78 is 11.3. The number of oxazole rings is 1. The summed E-state index contributed by atoms with van der Waals surface area (Å²) in [6, 6.07) is 0. The number of anilines is 1. The molecule has 122 valence electrons. The molecule has 4 N–H and O–H groups in total. The number of carboxylic acid groups (broad SMARTS) is 1. The third kappa shape index (κ3) is 3.71. The number of ether oxygens (including phenoxy) is 1. The average molecular weight is 323 g/mol. The van der Waals surface area contributed by atoms with E-state index in [0.717, 1.165) is 0 Å². The monoisotopic (exact) mass is 323 g/mol. The van der Waals surface area contributed by atoms with Crippen molar-refractivity contribution in [1.29, 1.82) is 0 Å². The summed E-state index contributed by atoms with van der Waals surface area (Å²) in [6.45, 7) is 0.0139. The highest BCUT2D eigenvalue weighted by atomic mass is 16.5. The number of nitrogens with one attached hydrogen (secondary N) is 1. The van der Waals surface area contributed by atoms with Gasteiger partial charge < -0.3 is 25.3 Å². The third-order valence-corrected chi connectivity index (χ3v) is 2.65.